The van der Waals surface area contributed by atoms with E-state index in [9.17, 15) is 13.6 Å². The van der Waals surface area contributed by atoms with Gasteiger partial charge in [0.15, 0.2) is 0 Å². The smallest absolute Gasteiger partial charge is 0.277 e. The minimum atomic E-state index is -3.06. The Morgan fingerprint density at radius 3 is 2.67 bits per heavy atom. The van der Waals surface area contributed by atoms with Crippen LogP contribution in [0, 0.1) is 0 Å². The Kier molecular flexibility index (Phi) is 8.77. The number of carbonyl (C=O) groups is 1. The van der Waals surface area contributed by atoms with Gasteiger partial charge in [0, 0.05) is 6.42 Å². The van der Waals surface area contributed by atoms with Gasteiger partial charge in [-0.2, -0.15) is 0 Å². The lowest BCUT2D eigenvalue weighted by Gasteiger charge is -2.14. The summed E-state index contributed by atoms with van der Waals surface area (Å²) >= 11 is 3.34. The molecule has 0 heterocycles. The van der Waals surface area contributed by atoms with E-state index in [2.05, 4.69) is 21.2 Å². The van der Waals surface area contributed by atoms with Crippen LogP contribution in [-0.2, 0) is 11.2 Å². The van der Waals surface area contributed by atoms with Crippen molar-refractivity contribution >= 4 is 34.2 Å². The Hall–Kier alpha value is -0.920. The topological polar surface area (TPSA) is 64.3 Å². The van der Waals surface area contributed by atoms with Crippen molar-refractivity contribution in [3.05, 3.63) is 28.2 Å². The van der Waals surface area contributed by atoms with Crippen LogP contribution in [0.5, 0.6) is 5.75 Å². The first-order valence-electron chi connectivity index (χ1n) is 6.05. The van der Waals surface area contributed by atoms with E-state index < -0.39 is 24.9 Å². The molecular weight excluding hydrogens is 370 g/mol. The number of hydrogen-bond donors (Lipinski definition) is 2. The quantitative estimate of drug-likeness (QED) is 0.756. The number of amides is 1. The minimum absolute atomic E-state index is 0. The largest absolute Gasteiger partial charge is 0.496 e. The van der Waals surface area contributed by atoms with Gasteiger partial charge in [0.2, 0.25) is 5.91 Å². The Bertz CT molecular complexity index is 475. The van der Waals surface area contributed by atoms with Crippen LogP contribution < -0.4 is 15.8 Å². The number of carbonyl (C=O) groups excluding carboxylic acids is 1. The lowest BCUT2D eigenvalue weighted by atomic mass is 10.1. The number of nitrogens with two attached hydrogens (primary N) is 1. The molecule has 1 rings (SSSR count). The van der Waals surface area contributed by atoms with Crippen LogP contribution in [0.1, 0.15) is 12.0 Å². The average Bonchev–Trinajstić information content (AvgIpc) is 2.43. The number of methoxy groups -OCH3 is 1. The van der Waals surface area contributed by atoms with Crippen LogP contribution in [0.25, 0.3) is 0 Å². The van der Waals surface area contributed by atoms with Gasteiger partial charge in [0.05, 0.1) is 24.7 Å². The summed E-state index contributed by atoms with van der Waals surface area (Å²) in [6.07, 6.45) is 0.599. The zero-order chi connectivity index (χ0) is 15.2. The van der Waals surface area contributed by atoms with Crippen LogP contribution in [0.3, 0.4) is 0 Å². The van der Waals surface area contributed by atoms with Gasteiger partial charge in [-0.05, 0) is 40.0 Å². The third-order valence-corrected chi connectivity index (χ3v) is 3.32. The number of rotatable bonds is 7. The fourth-order valence-corrected chi connectivity index (χ4v) is 2.10. The Labute approximate surface area is 137 Å². The van der Waals surface area contributed by atoms with Crippen LogP contribution in [-0.4, -0.2) is 32.0 Å². The van der Waals surface area contributed by atoms with E-state index in [-0.39, 0.29) is 18.8 Å². The van der Waals surface area contributed by atoms with Crippen LogP contribution in [0.15, 0.2) is 22.7 Å². The highest BCUT2D eigenvalue weighted by molar-refractivity contribution is 9.10. The molecule has 21 heavy (non-hydrogen) atoms. The molecule has 0 aliphatic heterocycles. The van der Waals surface area contributed by atoms with E-state index in [1.54, 1.807) is 13.2 Å². The molecule has 8 heteroatoms. The molecule has 0 unspecified atom stereocenters. The van der Waals surface area contributed by atoms with Crippen molar-refractivity contribution in [1.82, 2.24) is 5.32 Å². The van der Waals surface area contributed by atoms with E-state index in [1.807, 2.05) is 12.1 Å². The lowest BCUT2D eigenvalue weighted by Crippen LogP contribution is -2.41. The number of ether oxygens (including phenoxy) is 1. The molecule has 0 atom stereocenters. The molecule has 0 aliphatic carbocycles. The molecule has 0 aromatic heterocycles. The number of benzene rings is 1. The Balaban J connectivity index is 0.00000400. The fourth-order valence-electron chi connectivity index (χ4n) is 1.51. The number of hydrogen-bond acceptors (Lipinski definition) is 3. The van der Waals surface area contributed by atoms with Crippen LogP contribution >= 0.6 is 28.3 Å². The van der Waals surface area contributed by atoms with Crippen molar-refractivity contribution in [2.24, 2.45) is 5.73 Å². The molecule has 0 radical (unpaired) electrons. The molecule has 120 valence electrons. The maximum Gasteiger partial charge on any atom is 0.277 e. The molecule has 3 N–H and O–H groups in total. The molecule has 1 aromatic rings. The number of alkyl halides is 2. The molecule has 0 aliphatic rings. The molecule has 4 nitrogen and oxygen atoms in total. The third-order valence-electron chi connectivity index (χ3n) is 2.70. The van der Waals surface area contributed by atoms with Gasteiger partial charge in [-0.25, -0.2) is 8.78 Å². The van der Waals surface area contributed by atoms with Gasteiger partial charge >= 0.3 is 0 Å². The monoisotopic (exact) mass is 386 g/mol. The zero-order valence-electron chi connectivity index (χ0n) is 11.5. The zero-order valence-corrected chi connectivity index (χ0v) is 13.9. The SMILES string of the molecule is COc1ccc(CCC(=O)NCC(F)(F)CN)cc1Br.Cl. The standard InChI is InChI=1S/C13H17BrF2N2O2.ClH/c1-20-11-4-2-9(6-10(11)14)3-5-12(19)18-8-13(15,16)7-17;/h2,4,6H,3,5,7-8,17H2,1H3,(H,18,19);1H. The highest BCUT2D eigenvalue weighted by atomic mass is 79.9. The van der Waals surface area contributed by atoms with Crippen molar-refractivity contribution in [1.29, 1.82) is 0 Å². The van der Waals surface area contributed by atoms with E-state index in [0.29, 0.717) is 12.2 Å². The summed E-state index contributed by atoms with van der Waals surface area (Å²) in [5, 5.41) is 2.18. The van der Waals surface area contributed by atoms with Gasteiger partial charge in [-0.3, -0.25) is 4.79 Å². The molecular formula is C13H18BrClF2N2O2. The molecule has 1 amide bonds. The summed E-state index contributed by atoms with van der Waals surface area (Å²) in [6, 6.07) is 5.44. The van der Waals surface area contributed by atoms with Crippen LogP contribution in [0.2, 0.25) is 0 Å². The summed E-state index contributed by atoms with van der Waals surface area (Å²) < 4.78 is 31.6. The van der Waals surface area contributed by atoms with Gasteiger partial charge in [0.1, 0.15) is 5.75 Å². The maximum atomic E-state index is 12.9. The summed E-state index contributed by atoms with van der Waals surface area (Å²) in [5.74, 6) is -2.79. The van der Waals surface area contributed by atoms with Gasteiger partial charge < -0.3 is 15.8 Å². The molecule has 1 aromatic carbocycles. The third kappa shape index (κ3) is 7.06. The molecule has 0 fully saturated rings. The Morgan fingerprint density at radius 2 is 2.14 bits per heavy atom. The van der Waals surface area contributed by atoms with Crippen molar-refractivity contribution in [3.63, 3.8) is 0 Å². The first-order chi connectivity index (χ1) is 9.38. The van der Waals surface area contributed by atoms with E-state index in [1.165, 1.54) is 0 Å². The van der Waals surface area contributed by atoms with E-state index >= 15 is 0 Å². The lowest BCUT2D eigenvalue weighted by molar-refractivity contribution is -0.122. The minimum Gasteiger partial charge on any atom is -0.496 e. The molecule has 0 spiro atoms. The normalized spacial score (nSPS) is 10.7. The van der Waals surface area contributed by atoms with Crippen molar-refractivity contribution < 1.29 is 18.3 Å². The second-order valence-electron chi connectivity index (χ2n) is 4.31. The number of halogens is 4. The number of nitrogens with one attached hydrogen (secondary N) is 1. The molecule has 0 saturated heterocycles. The predicted molar refractivity (Wildman–Crippen MR) is 83.3 cm³/mol. The Morgan fingerprint density at radius 1 is 1.48 bits per heavy atom. The fraction of sp³-hybridized carbons (Fsp3) is 0.462. The van der Waals surface area contributed by atoms with Crippen molar-refractivity contribution in [3.8, 4) is 5.75 Å². The second kappa shape index (κ2) is 9.17. The average molecular weight is 388 g/mol. The maximum absolute atomic E-state index is 12.9. The van der Waals surface area contributed by atoms with Gasteiger partial charge in [-0.1, -0.05) is 6.07 Å². The summed E-state index contributed by atoms with van der Waals surface area (Å²) in [5.41, 5.74) is 5.80. The van der Waals surface area contributed by atoms with Crippen LogP contribution in [0.4, 0.5) is 8.78 Å². The highest BCUT2D eigenvalue weighted by Gasteiger charge is 2.26. The summed E-state index contributed by atoms with van der Waals surface area (Å²) in [4.78, 5) is 11.5. The first kappa shape index (κ1) is 20.1. The van der Waals surface area contributed by atoms with Gasteiger partial charge in [0.25, 0.3) is 5.92 Å². The molecule has 0 bridgehead atoms. The number of aryl methyl sites for hydroxylation is 1. The molecule has 0 saturated carbocycles. The second-order valence-corrected chi connectivity index (χ2v) is 5.16. The predicted octanol–water partition coefficient (Wildman–Crippen LogP) is 2.52. The van der Waals surface area contributed by atoms with Gasteiger partial charge in [-0.15, -0.1) is 12.4 Å². The summed E-state index contributed by atoms with van der Waals surface area (Å²) in [7, 11) is 1.56. The highest BCUT2D eigenvalue weighted by Crippen LogP contribution is 2.25. The first-order valence-corrected chi connectivity index (χ1v) is 6.84. The van der Waals surface area contributed by atoms with E-state index in [0.717, 1.165) is 10.0 Å². The van der Waals surface area contributed by atoms with Crippen molar-refractivity contribution in [2.75, 3.05) is 20.2 Å². The summed E-state index contributed by atoms with van der Waals surface area (Å²) in [6.45, 7) is -1.51. The van der Waals surface area contributed by atoms with Crippen molar-refractivity contribution in [2.45, 2.75) is 18.8 Å². The van der Waals surface area contributed by atoms with E-state index in [4.69, 9.17) is 10.5 Å².